The zero-order chi connectivity index (χ0) is 12.4. The number of benzene rings is 1. The van der Waals surface area contributed by atoms with Crippen LogP contribution in [0.25, 0.3) is 0 Å². The molecule has 2 amide bonds. The topological polar surface area (TPSA) is 58.2 Å². The Morgan fingerprint density at radius 1 is 1.47 bits per heavy atom. The summed E-state index contributed by atoms with van der Waals surface area (Å²) in [5.74, 6) is -1.19. The smallest absolute Gasteiger partial charge is 0.315 e. The zero-order valence-corrected chi connectivity index (χ0v) is 9.31. The summed E-state index contributed by atoms with van der Waals surface area (Å²) < 4.78 is 24.1. The molecule has 1 aromatic carbocycles. The summed E-state index contributed by atoms with van der Waals surface area (Å²) in [5, 5.41) is 4.66. The number of hydrogen-bond donors (Lipinski definition) is 2. The van der Waals surface area contributed by atoms with Gasteiger partial charge in [-0.05, 0) is 18.2 Å². The molecule has 0 saturated carbocycles. The van der Waals surface area contributed by atoms with Gasteiger partial charge in [0.15, 0.2) is 0 Å². The van der Waals surface area contributed by atoms with Crippen LogP contribution in [0.4, 0.5) is 20.2 Å². The first-order valence-corrected chi connectivity index (χ1v) is 5.70. The molecule has 2 rings (SSSR count). The second-order valence-corrected chi connectivity index (χ2v) is 4.35. The Hall–Kier alpha value is -1.63. The van der Waals surface area contributed by atoms with Gasteiger partial charge in [-0.15, -0.1) is 11.8 Å². The van der Waals surface area contributed by atoms with Crippen LogP contribution >= 0.6 is 11.8 Å². The normalized spacial score (nSPS) is 14.2. The highest BCUT2D eigenvalue weighted by molar-refractivity contribution is 8.00. The van der Waals surface area contributed by atoms with Crippen LogP contribution in [-0.4, -0.2) is 24.0 Å². The Labute approximate surface area is 99.8 Å². The number of hydrogen-bond acceptors (Lipinski definition) is 3. The number of nitrogens with one attached hydrogen (secondary N) is 2. The fourth-order valence-electron chi connectivity index (χ4n) is 1.36. The van der Waals surface area contributed by atoms with E-state index in [0.29, 0.717) is 11.4 Å². The molecule has 0 atom stereocenters. The fraction of sp³-hybridized carbons (Fsp3) is 0.200. The largest absolute Gasteiger partial charge is 0.324 e. The molecule has 0 radical (unpaired) electrons. The molecule has 0 fully saturated rings. The molecule has 1 aliphatic rings. The number of anilines is 2. The summed E-state index contributed by atoms with van der Waals surface area (Å²) in [7, 11) is 0. The van der Waals surface area contributed by atoms with Crippen LogP contribution in [0.3, 0.4) is 0 Å². The van der Waals surface area contributed by atoms with Gasteiger partial charge in [0.25, 0.3) is 5.91 Å². The monoisotopic (exact) mass is 258 g/mol. The molecule has 0 bridgehead atoms. The predicted molar refractivity (Wildman–Crippen MR) is 60.4 cm³/mol. The van der Waals surface area contributed by atoms with Crippen molar-refractivity contribution in [2.75, 3.05) is 16.4 Å². The molecule has 1 heterocycles. The van der Waals surface area contributed by atoms with Gasteiger partial charge in [0.05, 0.1) is 11.4 Å². The molecule has 0 saturated heterocycles. The van der Waals surface area contributed by atoms with E-state index in [1.807, 2.05) is 0 Å². The summed E-state index contributed by atoms with van der Waals surface area (Å²) >= 11 is 1.36. The van der Waals surface area contributed by atoms with Gasteiger partial charge >= 0.3 is 6.43 Å². The van der Waals surface area contributed by atoms with Crippen molar-refractivity contribution in [1.29, 1.82) is 0 Å². The standard InChI is InChI=1S/C10H8F2N2O2S/c11-9(12)10(16)13-5-1-2-7-6(3-5)14-8(15)4-17-7/h1-3,9H,4H2,(H,13,16)(H,14,15). The van der Waals surface area contributed by atoms with Crippen LogP contribution in [0, 0.1) is 0 Å². The Kier molecular flexibility index (Phi) is 3.28. The lowest BCUT2D eigenvalue weighted by molar-refractivity contribution is -0.126. The number of thioether (sulfide) groups is 1. The zero-order valence-electron chi connectivity index (χ0n) is 8.50. The maximum atomic E-state index is 12.0. The van der Waals surface area contributed by atoms with E-state index in [9.17, 15) is 18.4 Å². The number of carbonyl (C=O) groups is 2. The van der Waals surface area contributed by atoms with Crippen molar-refractivity contribution in [2.24, 2.45) is 0 Å². The molecule has 1 aromatic rings. The number of alkyl halides is 2. The Morgan fingerprint density at radius 2 is 2.24 bits per heavy atom. The second-order valence-electron chi connectivity index (χ2n) is 3.34. The molecule has 0 spiro atoms. The van der Waals surface area contributed by atoms with E-state index in [2.05, 4.69) is 10.6 Å². The molecule has 1 aliphatic heterocycles. The fourth-order valence-corrected chi connectivity index (χ4v) is 2.15. The minimum atomic E-state index is -3.06. The molecule has 0 unspecified atom stereocenters. The van der Waals surface area contributed by atoms with Gasteiger partial charge < -0.3 is 10.6 Å². The van der Waals surface area contributed by atoms with Crippen molar-refractivity contribution >= 4 is 35.0 Å². The average Bonchev–Trinajstić information content (AvgIpc) is 2.28. The quantitative estimate of drug-likeness (QED) is 0.852. The van der Waals surface area contributed by atoms with Gasteiger partial charge in [0.2, 0.25) is 5.91 Å². The van der Waals surface area contributed by atoms with Crippen LogP contribution < -0.4 is 10.6 Å². The number of halogens is 2. The summed E-state index contributed by atoms with van der Waals surface area (Å²) in [6, 6.07) is 4.64. The summed E-state index contributed by atoms with van der Waals surface area (Å²) in [4.78, 5) is 22.8. The van der Waals surface area contributed by atoms with Crippen LogP contribution in [-0.2, 0) is 9.59 Å². The molecule has 7 heteroatoms. The van der Waals surface area contributed by atoms with Crippen molar-refractivity contribution in [3.63, 3.8) is 0 Å². The van der Waals surface area contributed by atoms with Gasteiger partial charge in [-0.1, -0.05) is 0 Å². The molecular formula is C10H8F2N2O2S. The summed E-state index contributed by atoms with van der Waals surface area (Å²) in [6.45, 7) is 0. The van der Waals surface area contributed by atoms with E-state index < -0.39 is 12.3 Å². The van der Waals surface area contributed by atoms with Crippen molar-refractivity contribution in [1.82, 2.24) is 0 Å². The van der Waals surface area contributed by atoms with Crippen molar-refractivity contribution < 1.29 is 18.4 Å². The number of rotatable bonds is 2. The van der Waals surface area contributed by atoms with Crippen LogP contribution in [0.15, 0.2) is 23.1 Å². The highest BCUT2D eigenvalue weighted by Gasteiger charge is 2.18. The Balaban J connectivity index is 2.18. The first-order valence-electron chi connectivity index (χ1n) is 4.72. The Morgan fingerprint density at radius 3 is 2.94 bits per heavy atom. The van der Waals surface area contributed by atoms with Crippen molar-refractivity contribution in [3.05, 3.63) is 18.2 Å². The highest BCUT2D eigenvalue weighted by atomic mass is 32.2. The van der Waals surface area contributed by atoms with Crippen molar-refractivity contribution in [3.8, 4) is 0 Å². The van der Waals surface area contributed by atoms with Gasteiger partial charge in [0.1, 0.15) is 0 Å². The molecule has 4 nitrogen and oxygen atoms in total. The van der Waals surface area contributed by atoms with E-state index >= 15 is 0 Å². The molecular weight excluding hydrogens is 250 g/mol. The van der Waals surface area contributed by atoms with Crippen LogP contribution in [0.5, 0.6) is 0 Å². The van der Waals surface area contributed by atoms with E-state index in [1.165, 1.54) is 23.9 Å². The van der Waals surface area contributed by atoms with Gasteiger partial charge in [-0.3, -0.25) is 9.59 Å². The first-order chi connectivity index (χ1) is 8.06. The van der Waals surface area contributed by atoms with Gasteiger partial charge in [-0.25, -0.2) is 0 Å². The van der Waals surface area contributed by atoms with E-state index in [4.69, 9.17) is 0 Å². The SMILES string of the molecule is O=C1CSc2ccc(NC(=O)C(F)F)cc2N1. The first kappa shape index (κ1) is 11.8. The number of amides is 2. The number of carbonyl (C=O) groups excluding carboxylic acids is 2. The second kappa shape index (κ2) is 4.70. The molecule has 17 heavy (non-hydrogen) atoms. The third-order valence-corrected chi connectivity index (χ3v) is 3.15. The average molecular weight is 258 g/mol. The van der Waals surface area contributed by atoms with E-state index in [-0.39, 0.29) is 11.6 Å². The van der Waals surface area contributed by atoms with Crippen molar-refractivity contribution in [2.45, 2.75) is 11.3 Å². The van der Waals surface area contributed by atoms with Gasteiger partial charge in [-0.2, -0.15) is 8.78 Å². The third-order valence-electron chi connectivity index (χ3n) is 2.08. The minimum absolute atomic E-state index is 0.153. The Bertz CT molecular complexity index is 479. The minimum Gasteiger partial charge on any atom is -0.324 e. The lowest BCUT2D eigenvalue weighted by atomic mass is 10.2. The molecule has 0 aromatic heterocycles. The summed E-state index contributed by atoms with van der Waals surface area (Å²) in [6.07, 6.45) is -3.06. The lowest BCUT2D eigenvalue weighted by Gasteiger charge is -2.17. The third kappa shape index (κ3) is 2.73. The molecule has 2 N–H and O–H groups in total. The van der Waals surface area contributed by atoms with E-state index in [1.54, 1.807) is 6.07 Å². The number of fused-ring (bicyclic) bond motifs is 1. The van der Waals surface area contributed by atoms with Gasteiger partial charge in [0, 0.05) is 10.6 Å². The molecule has 0 aliphatic carbocycles. The maximum absolute atomic E-state index is 12.0. The lowest BCUT2D eigenvalue weighted by Crippen LogP contribution is -2.21. The highest BCUT2D eigenvalue weighted by Crippen LogP contribution is 2.33. The summed E-state index contributed by atoms with van der Waals surface area (Å²) in [5.41, 5.74) is 0.759. The maximum Gasteiger partial charge on any atom is 0.315 e. The van der Waals surface area contributed by atoms with Crippen LogP contribution in [0.1, 0.15) is 0 Å². The predicted octanol–water partition coefficient (Wildman–Crippen LogP) is 1.93. The van der Waals surface area contributed by atoms with E-state index in [0.717, 1.165) is 4.90 Å². The molecule has 90 valence electrons. The van der Waals surface area contributed by atoms with Crippen LogP contribution in [0.2, 0.25) is 0 Å².